The molecular weight excluding hydrogens is 530 g/mol. The average molecular weight is 578 g/mol. The van der Waals surface area contributed by atoms with Crippen molar-refractivity contribution in [3.8, 4) is 0 Å². The maximum atomic E-state index is 14.3. The zero-order chi connectivity index (χ0) is 28.9. The molecular formula is C38H47N3O2. The predicted octanol–water partition coefficient (Wildman–Crippen LogP) is 7.27. The summed E-state index contributed by atoms with van der Waals surface area (Å²) in [5.74, 6) is 2.34. The molecule has 0 aromatic heterocycles. The molecule has 3 aromatic carbocycles. The Morgan fingerprint density at radius 2 is 1.21 bits per heavy atom. The number of rotatable bonds is 3. The maximum Gasteiger partial charge on any atom is 0.255 e. The van der Waals surface area contributed by atoms with Gasteiger partial charge in [-0.2, -0.15) is 0 Å². The number of carbonyl (C=O) groups excluding carboxylic acids is 2. The second kappa shape index (κ2) is 11.5. The number of piperidine rings is 2. The fraction of sp³-hybridized carbons (Fsp3) is 0.579. The highest BCUT2D eigenvalue weighted by Crippen LogP contribution is 2.50. The monoisotopic (exact) mass is 577 g/mol. The van der Waals surface area contributed by atoms with E-state index in [4.69, 9.17) is 0 Å². The van der Waals surface area contributed by atoms with Gasteiger partial charge < -0.3 is 9.80 Å². The molecule has 5 nitrogen and oxygen atoms in total. The molecule has 2 amide bonds. The van der Waals surface area contributed by atoms with Gasteiger partial charge >= 0.3 is 0 Å². The molecule has 8 rings (SSSR count). The van der Waals surface area contributed by atoms with Crippen molar-refractivity contribution in [3.63, 3.8) is 0 Å². The van der Waals surface area contributed by atoms with Crippen LogP contribution in [0.15, 0.2) is 54.6 Å². The van der Waals surface area contributed by atoms with Crippen LogP contribution < -0.4 is 0 Å². The molecule has 5 aliphatic rings. The molecule has 3 saturated heterocycles. The fourth-order valence-corrected chi connectivity index (χ4v) is 10.1. The normalized spacial score (nSPS) is 30.4. The largest absolute Gasteiger partial charge is 0.338 e. The predicted molar refractivity (Wildman–Crippen MR) is 173 cm³/mol. The van der Waals surface area contributed by atoms with Gasteiger partial charge in [0.2, 0.25) is 5.91 Å². The van der Waals surface area contributed by atoms with Crippen LogP contribution in [0.25, 0.3) is 21.5 Å². The molecule has 0 radical (unpaired) electrons. The van der Waals surface area contributed by atoms with E-state index in [1.807, 2.05) is 12.1 Å². The Bertz CT molecular complexity index is 1430. The smallest absolute Gasteiger partial charge is 0.255 e. The molecule has 0 N–H and O–H groups in total. The van der Waals surface area contributed by atoms with E-state index in [0.29, 0.717) is 24.0 Å². The summed E-state index contributed by atoms with van der Waals surface area (Å²) in [6, 6.07) is 20.3. The third-order valence-corrected chi connectivity index (χ3v) is 12.1. The lowest BCUT2D eigenvalue weighted by molar-refractivity contribution is -0.142. The van der Waals surface area contributed by atoms with Gasteiger partial charge in [-0.15, -0.1) is 0 Å². The van der Waals surface area contributed by atoms with E-state index in [0.717, 1.165) is 90.8 Å². The highest BCUT2D eigenvalue weighted by molar-refractivity contribution is 6.18. The van der Waals surface area contributed by atoms with Crippen LogP contribution >= 0.6 is 0 Å². The Morgan fingerprint density at radius 3 is 1.84 bits per heavy atom. The van der Waals surface area contributed by atoms with Crippen LogP contribution in [0.1, 0.15) is 87.4 Å². The quantitative estimate of drug-likeness (QED) is 0.308. The highest BCUT2D eigenvalue weighted by atomic mass is 16.2. The van der Waals surface area contributed by atoms with E-state index in [1.54, 1.807) is 0 Å². The summed E-state index contributed by atoms with van der Waals surface area (Å²) < 4.78 is 0. The van der Waals surface area contributed by atoms with Gasteiger partial charge in [-0.3, -0.25) is 14.5 Å². The molecule has 2 saturated carbocycles. The van der Waals surface area contributed by atoms with Crippen molar-refractivity contribution in [1.29, 1.82) is 0 Å². The number of fused-ring (bicyclic) bond motifs is 5. The zero-order valence-corrected chi connectivity index (χ0v) is 25.6. The van der Waals surface area contributed by atoms with Crippen LogP contribution in [0.5, 0.6) is 0 Å². The van der Waals surface area contributed by atoms with Gasteiger partial charge in [-0.25, -0.2) is 0 Å². The van der Waals surface area contributed by atoms with Gasteiger partial charge in [0.1, 0.15) is 0 Å². The standard InChI is InChI=1S/C38H47N3O2/c42-37(41-34-17-7-5-15-32(34)33-16-6-8-18-35(33)41)28-12-9-21-40(25-28)29-19-22-39(23-20-29)38(43)36-30-13-3-1-10-26(30)24-27-11-2-4-14-31(27)36/h1-4,10-11,13-14,24,28-29,32-35H,5-9,12,15-23,25H2. The fourth-order valence-electron chi connectivity index (χ4n) is 10.1. The number of nitrogens with zero attached hydrogens (tertiary/aromatic N) is 3. The average Bonchev–Trinajstić information content (AvgIpc) is 3.41. The SMILES string of the molecule is O=C(c1c2ccccc2cc2ccccc12)N1CCC(N2CCCC(C(=O)N3C4CCCCC4C4CCCCC43)C2)CC1. The van der Waals surface area contributed by atoms with Crippen molar-refractivity contribution in [2.45, 2.75) is 95.2 Å². The molecule has 5 heteroatoms. The second-order valence-corrected chi connectivity index (χ2v) is 14.3. The Labute approximate surface area is 256 Å². The molecule has 43 heavy (non-hydrogen) atoms. The summed E-state index contributed by atoms with van der Waals surface area (Å²) in [7, 11) is 0. The summed E-state index contributed by atoms with van der Waals surface area (Å²) in [6.45, 7) is 3.58. The minimum Gasteiger partial charge on any atom is -0.338 e. The van der Waals surface area contributed by atoms with Gasteiger partial charge in [0.05, 0.1) is 11.5 Å². The minimum atomic E-state index is 0.152. The Kier molecular flexibility index (Phi) is 7.41. The van der Waals surface area contributed by atoms with Crippen LogP contribution in [-0.4, -0.2) is 70.8 Å². The first-order chi connectivity index (χ1) is 21.2. The van der Waals surface area contributed by atoms with E-state index in [1.165, 1.54) is 51.4 Å². The van der Waals surface area contributed by atoms with E-state index in [2.05, 4.69) is 57.2 Å². The summed E-state index contributed by atoms with van der Waals surface area (Å²) in [6.07, 6.45) is 14.6. The van der Waals surface area contributed by atoms with Crippen LogP contribution in [0.3, 0.4) is 0 Å². The molecule has 3 heterocycles. The van der Waals surface area contributed by atoms with Gasteiger partial charge in [0, 0.05) is 37.8 Å². The lowest BCUT2D eigenvalue weighted by atomic mass is 9.73. The first-order valence-corrected chi connectivity index (χ1v) is 17.4. The van der Waals surface area contributed by atoms with E-state index in [-0.39, 0.29) is 11.8 Å². The van der Waals surface area contributed by atoms with E-state index in [9.17, 15) is 9.59 Å². The molecule has 5 fully saturated rings. The Hall–Kier alpha value is -2.92. The highest BCUT2D eigenvalue weighted by Gasteiger charge is 2.52. The molecule has 5 unspecified atom stereocenters. The van der Waals surface area contributed by atoms with Gasteiger partial charge in [0.25, 0.3) is 5.91 Å². The maximum absolute atomic E-state index is 14.3. The Morgan fingerprint density at radius 1 is 0.628 bits per heavy atom. The van der Waals surface area contributed by atoms with Gasteiger partial charge in [-0.1, -0.05) is 74.2 Å². The molecule has 2 aliphatic carbocycles. The van der Waals surface area contributed by atoms with Crippen LogP contribution in [0.4, 0.5) is 0 Å². The van der Waals surface area contributed by atoms with Gasteiger partial charge in [-0.05, 0) is 97.4 Å². The summed E-state index contributed by atoms with van der Waals surface area (Å²) >= 11 is 0. The van der Waals surface area contributed by atoms with Crippen molar-refractivity contribution in [1.82, 2.24) is 14.7 Å². The van der Waals surface area contributed by atoms with Crippen LogP contribution in [0, 0.1) is 17.8 Å². The topological polar surface area (TPSA) is 43.9 Å². The first-order valence-electron chi connectivity index (χ1n) is 17.4. The van der Waals surface area contributed by atoms with Crippen molar-refractivity contribution in [2.24, 2.45) is 17.8 Å². The number of hydrogen-bond acceptors (Lipinski definition) is 3. The lowest BCUT2D eigenvalue weighted by Gasteiger charge is -2.44. The van der Waals surface area contributed by atoms with Gasteiger partial charge in [0.15, 0.2) is 0 Å². The van der Waals surface area contributed by atoms with E-state index < -0.39 is 0 Å². The lowest BCUT2D eigenvalue weighted by Crippen LogP contribution is -2.54. The number of carbonyl (C=O) groups is 2. The minimum absolute atomic E-state index is 0.152. The van der Waals surface area contributed by atoms with Crippen molar-refractivity contribution in [2.75, 3.05) is 26.2 Å². The summed E-state index contributed by atoms with van der Waals surface area (Å²) in [5.41, 5.74) is 0.850. The third-order valence-electron chi connectivity index (χ3n) is 12.1. The molecule has 5 atom stereocenters. The van der Waals surface area contributed by atoms with E-state index >= 15 is 0 Å². The molecule has 3 aromatic rings. The zero-order valence-electron chi connectivity index (χ0n) is 25.6. The van der Waals surface area contributed by atoms with Crippen molar-refractivity contribution >= 4 is 33.4 Å². The number of likely N-dealkylation sites (tertiary alicyclic amines) is 3. The summed E-state index contributed by atoms with van der Waals surface area (Å²) in [5, 5.41) is 4.35. The molecule has 0 bridgehead atoms. The first kappa shape index (κ1) is 27.6. The van der Waals surface area contributed by atoms with Crippen molar-refractivity contribution in [3.05, 3.63) is 60.2 Å². The van der Waals surface area contributed by atoms with Crippen LogP contribution in [-0.2, 0) is 4.79 Å². The number of benzene rings is 3. The van der Waals surface area contributed by atoms with Crippen LogP contribution in [0.2, 0.25) is 0 Å². The molecule has 3 aliphatic heterocycles. The number of amides is 2. The second-order valence-electron chi connectivity index (χ2n) is 14.3. The Balaban J connectivity index is 0.955. The molecule has 0 spiro atoms. The summed E-state index contributed by atoms with van der Waals surface area (Å²) in [4.78, 5) is 35.6. The third kappa shape index (κ3) is 4.87. The molecule has 226 valence electrons. The van der Waals surface area contributed by atoms with Crippen molar-refractivity contribution < 1.29 is 9.59 Å². The number of hydrogen-bond donors (Lipinski definition) is 0.